The normalized spacial score (nSPS) is 56.1. The van der Waals surface area contributed by atoms with Crippen molar-refractivity contribution in [3.05, 3.63) is 12.2 Å². The molecule has 0 heterocycles. The second-order valence-electron chi connectivity index (χ2n) is 8.77. The number of hydrogen-bond donors (Lipinski definition) is 0. The Bertz CT molecular complexity index is 524. The molecule has 4 fully saturated rings. The average Bonchev–Trinajstić information content (AvgIpc) is 3.23. The summed E-state index contributed by atoms with van der Waals surface area (Å²) >= 11 is 0. The van der Waals surface area contributed by atoms with Crippen molar-refractivity contribution in [3.63, 3.8) is 0 Å². The van der Waals surface area contributed by atoms with Crippen LogP contribution in [0.25, 0.3) is 0 Å². The highest BCUT2D eigenvalue weighted by molar-refractivity contribution is 5.78. The number of fused-ring (bicyclic) bond motifs is 7. The van der Waals surface area contributed by atoms with E-state index in [9.17, 15) is 4.79 Å². The smallest absolute Gasteiger partial charge is 0.312 e. The molecule has 5 aliphatic carbocycles. The topological polar surface area (TPSA) is 26.3 Å². The minimum Gasteiger partial charge on any atom is -0.458 e. The fraction of sp³-hybridized carbons (Fsp3) is 0.842. The van der Waals surface area contributed by atoms with Gasteiger partial charge in [0.2, 0.25) is 0 Å². The average molecular weight is 286 g/mol. The van der Waals surface area contributed by atoms with E-state index in [0.29, 0.717) is 17.8 Å². The minimum absolute atomic E-state index is 0.0581. The van der Waals surface area contributed by atoms with E-state index in [1.54, 1.807) is 0 Å². The van der Waals surface area contributed by atoms with E-state index < -0.39 is 0 Å². The first-order chi connectivity index (χ1) is 10.1. The second-order valence-corrected chi connectivity index (χ2v) is 8.77. The third-order valence-corrected chi connectivity index (χ3v) is 7.84. The predicted octanol–water partition coefficient (Wildman–Crippen LogP) is 4.10. The summed E-state index contributed by atoms with van der Waals surface area (Å²) in [6, 6.07) is 0. The van der Waals surface area contributed by atoms with E-state index in [1.807, 2.05) is 0 Å². The number of carbonyl (C=O) groups is 1. The highest BCUT2D eigenvalue weighted by Crippen LogP contribution is 2.63. The van der Waals surface area contributed by atoms with Gasteiger partial charge in [0.25, 0.3) is 0 Å². The Hall–Kier alpha value is -0.790. The molecule has 0 aromatic heterocycles. The molecular weight excluding hydrogens is 260 g/mol. The molecule has 7 unspecified atom stereocenters. The van der Waals surface area contributed by atoms with Gasteiger partial charge in [0, 0.05) is 5.92 Å². The van der Waals surface area contributed by atoms with Gasteiger partial charge in [-0.2, -0.15) is 0 Å². The van der Waals surface area contributed by atoms with Gasteiger partial charge in [-0.25, -0.2) is 0 Å². The van der Waals surface area contributed by atoms with E-state index >= 15 is 0 Å². The molecule has 4 saturated carbocycles. The van der Waals surface area contributed by atoms with Gasteiger partial charge < -0.3 is 4.74 Å². The molecule has 4 bridgehead atoms. The number of carbonyl (C=O) groups excluding carboxylic acids is 1. The van der Waals surface area contributed by atoms with Crippen molar-refractivity contribution in [3.8, 4) is 0 Å². The van der Waals surface area contributed by atoms with E-state index in [0.717, 1.165) is 24.7 Å². The monoisotopic (exact) mass is 286 g/mol. The van der Waals surface area contributed by atoms with Crippen molar-refractivity contribution >= 4 is 5.97 Å². The molecule has 5 aliphatic rings. The summed E-state index contributed by atoms with van der Waals surface area (Å²) in [7, 11) is 0. The van der Waals surface area contributed by atoms with Gasteiger partial charge in [0.05, 0.1) is 5.41 Å². The summed E-state index contributed by atoms with van der Waals surface area (Å²) in [4.78, 5) is 13.0. The SMILES string of the molecule is CC1(C(=O)OC23CCC(C2)C2CCCC23)CC2C=CC1C2. The molecule has 114 valence electrons. The van der Waals surface area contributed by atoms with Crippen LogP contribution in [0, 0.1) is 35.0 Å². The zero-order valence-corrected chi connectivity index (χ0v) is 13.0. The van der Waals surface area contributed by atoms with Crippen LogP contribution in [-0.4, -0.2) is 11.6 Å². The van der Waals surface area contributed by atoms with Crippen LogP contribution >= 0.6 is 0 Å². The Labute approximate surface area is 127 Å². The first-order valence-electron chi connectivity index (χ1n) is 9.02. The van der Waals surface area contributed by atoms with E-state index in [-0.39, 0.29) is 17.0 Å². The van der Waals surface area contributed by atoms with Crippen LogP contribution in [0.3, 0.4) is 0 Å². The molecule has 0 amide bonds. The van der Waals surface area contributed by atoms with Crippen LogP contribution in [0.5, 0.6) is 0 Å². The Morgan fingerprint density at radius 1 is 1.19 bits per heavy atom. The Morgan fingerprint density at radius 3 is 2.86 bits per heavy atom. The van der Waals surface area contributed by atoms with Crippen LogP contribution in [0.15, 0.2) is 12.2 Å². The van der Waals surface area contributed by atoms with Crippen molar-refractivity contribution in [1.82, 2.24) is 0 Å². The van der Waals surface area contributed by atoms with E-state index in [4.69, 9.17) is 4.74 Å². The maximum atomic E-state index is 13.0. The third-order valence-electron chi connectivity index (χ3n) is 7.84. The van der Waals surface area contributed by atoms with Crippen LogP contribution in [0.1, 0.15) is 58.3 Å². The molecule has 0 radical (unpaired) electrons. The number of ether oxygens (including phenoxy) is 1. The lowest BCUT2D eigenvalue weighted by Crippen LogP contribution is -2.44. The number of esters is 1. The standard InChI is InChI=1S/C19H26O2/c1-18(10-12-5-6-14(18)9-12)17(20)21-19-8-7-13(11-19)15-3-2-4-16(15)19/h5-6,12-16H,2-4,7-11H2,1H3. The molecule has 0 aliphatic heterocycles. The van der Waals surface area contributed by atoms with Crippen molar-refractivity contribution in [2.75, 3.05) is 0 Å². The molecule has 2 nitrogen and oxygen atoms in total. The van der Waals surface area contributed by atoms with Gasteiger partial charge in [-0.1, -0.05) is 18.6 Å². The summed E-state index contributed by atoms with van der Waals surface area (Å²) in [5.74, 6) is 3.62. The highest BCUT2D eigenvalue weighted by Gasteiger charge is 2.62. The number of allylic oxidation sites excluding steroid dienone is 2. The predicted molar refractivity (Wildman–Crippen MR) is 80.5 cm³/mol. The molecule has 5 rings (SSSR count). The van der Waals surface area contributed by atoms with Crippen LogP contribution in [0.4, 0.5) is 0 Å². The molecule has 0 spiro atoms. The first kappa shape index (κ1) is 12.7. The molecule has 0 saturated heterocycles. The molecule has 0 aromatic carbocycles. The van der Waals surface area contributed by atoms with Gasteiger partial charge in [-0.05, 0) is 75.5 Å². The van der Waals surface area contributed by atoms with Crippen molar-refractivity contribution < 1.29 is 9.53 Å². The lowest BCUT2D eigenvalue weighted by atomic mass is 9.76. The second kappa shape index (κ2) is 3.94. The van der Waals surface area contributed by atoms with Crippen LogP contribution in [0.2, 0.25) is 0 Å². The number of hydrogen-bond acceptors (Lipinski definition) is 2. The van der Waals surface area contributed by atoms with Crippen molar-refractivity contribution in [2.45, 2.75) is 63.9 Å². The fourth-order valence-electron chi connectivity index (χ4n) is 6.78. The van der Waals surface area contributed by atoms with E-state index in [2.05, 4.69) is 19.1 Å². The molecule has 7 atom stereocenters. The first-order valence-corrected chi connectivity index (χ1v) is 9.02. The molecule has 0 aromatic rings. The Morgan fingerprint density at radius 2 is 2.10 bits per heavy atom. The summed E-state index contributed by atoms with van der Waals surface area (Å²) in [5, 5.41) is 0. The van der Waals surface area contributed by atoms with Gasteiger partial charge >= 0.3 is 5.97 Å². The Kier molecular flexibility index (Phi) is 2.39. The quantitative estimate of drug-likeness (QED) is 0.564. The molecule has 21 heavy (non-hydrogen) atoms. The lowest BCUT2D eigenvalue weighted by Gasteiger charge is -2.39. The van der Waals surface area contributed by atoms with Crippen molar-refractivity contribution in [1.29, 1.82) is 0 Å². The maximum absolute atomic E-state index is 13.0. The number of rotatable bonds is 2. The summed E-state index contributed by atoms with van der Waals surface area (Å²) in [6.07, 6.45) is 14.4. The molecule has 2 heteroatoms. The molecular formula is C19H26O2. The van der Waals surface area contributed by atoms with Gasteiger partial charge in [0.1, 0.15) is 5.60 Å². The van der Waals surface area contributed by atoms with E-state index in [1.165, 1.54) is 38.5 Å². The third kappa shape index (κ3) is 1.52. The fourth-order valence-corrected chi connectivity index (χ4v) is 6.78. The van der Waals surface area contributed by atoms with Gasteiger partial charge in [0.15, 0.2) is 0 Å². The lowest BCUT2D eigenvalue weighted by molar-refractivity contribution is -0.178. The summed E-state index contributed by atoms with van der Waals surface area (Å²) < 4.78 is 6.37. The van der Waals surface area contributed by atoms with Crippen LogP contribution in [-0.2, 0) is 9.53 Å². The maximum Gasteiger partial charge on any atom is 0.312 e. The van der Waals surface area contributed by atoms with Crippen molar-refractivity contribution in [2.24, 2.45) is 35.0 Å². The zero-order chi connectivity index (χ0) is 14.2. The summed E-state index contributed by atoms with van der Waals surface area (Å²) in [5.41, 5.74) is -0.291. The van der Waals surface area contributed by atoms with Gasteiger partial charge in [-0.15, -0.1) is 0 Å². The molecule has 0 N–H and O–H groups in total. The zero-order valence-electron chi connectivity index (χ0n) is 13.0. The summed E-state index contributed by atoms with van der Waals surface area (Å²) in [6.45, 7) is 2.16. The highest BCUT2D eigenvalue weighted by atomic mass is 16.6. The minimum atomic E-state index is -0.233. The van der Waals surface area contributed by atoms with Crippen LogP contribution < -0.4 is 0 Å². The Balaban J connectivity index is 1.40. The largest absolute Gasteiger partial charge is 0.458 e. The van der Waals surface area contributed by atoms with Gasteiger partial charge in [-0.3, -0.25) is 4.79 Å².